The van der Waals surface area contributed by atoms with E-state index >= 15 is 0 Å². The summed E-state index contributed by atoms with van der Waals surface area (Å²) in [5.41, 5.74) is 9.82. The Labute approximate surface area is 234 Å². The third-order valence-electron chi connectivity index (χ3n) is 8.89. The zero-order valence-electron chi connectivity index (χ0n) is 22.7. The third-order valence-corrected chi connectivity index (χ3v) is 8.89. The van der Waals surface area contributed by atoms with Gasteiger partial charge >= 0.3 is 0 Å². The number of nitrogens with zero attached hydrogens (tertiary/aromatic N) is 4. The highest BCUT2D eigenvalue weighted by molar-refractivity contribution is 6.05. The molecule has 0 radical (unpaired) electrons. The predicted octanol–water partition coefficient (Wildman–Crippen LogP) is 1.59. The van der Waals surface area contributed by atoms with Gasteiger partial charge in [-0.2, -0.15) is 0 Å². The molecule has 2 aromatic rings. The number of anilines is 2. The SMILES string of the molecule is NC(=O)c1ccccc1N1CCN(CC2CCN(c3ccc4c(c3)CN(C3CCC(=O)NC3=O)C4=O)CC2)CC1. The van der Waals surface area contributed by atoms with E-state index in [-0.39, 0.29) is 30.0 Å². The number of carbonyl (C=O) groups excluding carboxylic acids is 4. The number of primary amides is 1. The van der Waals surface area contributed by atoms with Crippen molar-refractivity contribution in [2.45, 2.75) is 38.3 Å². The van der Waals surface area contributed by atoms with Crippen LogP contribution in [0.2, 0.25) is 0 Å². The maximum atomic E-state index is 13.0. The molecule has 0 aliphatic carbocycles. The molecule has 10 heteroatoms. The van der Waals surface area contributed by atoms with Crippen molar-refractivity contribution in [1.29, 1.82) is 0 Å². The number of piperidine rings is 2. The minimum Gasteiger partial charge on any atom is -0.372 e. The molecule has 1 unspecified atom stereocenters. The first-order chi connectivity index (χ1) is 19.4. The fourth-order valence-corrected chi connectivity index (χ4v) is 6.63. The van der Waals surface area contributed by atoms with E-state index in [1.54, 1.807) is 11.0 Å². The lowest BCUT2D eigenvalue weighted by atomic mass is 9.95. The smallest absolute Gasteiger partial charge is 0.255 e. The molecular weight excluding hydrogens is 508 g/mol. The van der Waals surface area contributed by atoms with Crippen LogP contribution in [0.25, 0.3) is 0 Å². The van der Waals surface area contributed by atoms with E-state index in [2.05, 4.69) is 26.1 Å². The Bertz CT molecular complexity index is 1330. The average molecular weight is 545 g/mol. The molecule has 4 aliphatic rings. The summed E-state index contributed by atoms with van der Waals surface area (Å²) >= 11 is 0. The zero-order valence-corrected chi connectivity index (χ0v) is 22.7. The van der Waals surface area contributed by atoms with Crippen molar-refractivity contribution >= 4 is 35.0 Å². The van der Waals surface area contributed by atoms with Crippen molar-refractivity contribution in [1.82, 2.24) is 15.1 Å². The first-order valence-corrected chi connectivity index (χ1v) is 14.3. The highest BCUT2D eigenvalue weighted by atomic mass is 16.2. The molecule has 0 bridgehead atoms. The van der Waals surface area contributed by atoms with Gasteiger partial charge in [0.2, 0.25) is 11.8 Å². The second kappa shape index (κ2) is 10.9. The summed E-state index contributed by atoms with van der Waals surface area (Å²) < 4.78 is 0. The molecule has 2 aromatic carbocycles. The number of nitrogens with two attached hydrogens (primary N) is 1. The molecule has 1 atom stereocenters. The number of carbonyl (C=O) groups is 4. The van der Waals surface area contributed by atoms with Gasteiger partial charge in [0.05, 0.1) is 5.56 Å². The number of rotatable bonds is 6. The summed E-state index contributed by atoms with van der Waals surface area (Å²) in [4.78, 5) is 57.5. The Morgan fingerprint density at radius 3 is 2.38 bits per heavy atom. The number of piperazine rings is 1. The fraction of sp³-hybridized carbons (Fsp3) is 0.467. The molecule has 0 saturated carbocycles. The van der Waals surface area contributed by atoms with E-state index in [1.807, 2.05) is 30.3 Å². The van der Waals surface area contributed by atoms with Gasteiger partial charge in [-0.05, 0) is 61.1 Å². The molecule has 0 aromatic heterocycles. The van der Waals surface area contributed by atoms with Crippen molar-refractivity contribution < 1.29 is 19.2 Å². The molecule has 6 rings (SSSR count). The van der Waals surface area contributed by atoms with Crippen molar-refractivity contribution in [3.05, 3.63) is 59.2 Å². The molecule has 3 saturated heterocycles. The molecule has 4 amide bonds. The molecule has 210 valence electrons. The van der Waals surface area contributed by atoms with Gasteiger partial charge in [-0.25, -0.2) is 0 Å². The van der Waals surface area contributed by atoms with Gasteiger partial charge in [-0.15, -0.1) is 0 Å². The number of para-hydroxylation sites is 1. The number of imide groups is 1. The van der Waals surface area contributed by atoms with Crippen molar-refractivity contribution in [2.75, 3.05) is 55.6 Å². The van der Waals surface area contributed by atoms with Crippen molar-refractivity contribution in [3.63, 3.8) is 0 Å². The first-order valence-electron chi connectivity index (χ1n) is 14.3. The normalized spacial score (nSPS) is 22.4. The van der Waals surface area contributed by atoms with Gasteiger partial charge < -0.3 is 20.4 Å². The first kappa shape index (κ1) is 26.3. The number of hydrogen-bond donors (Lipinski definition) is 2. The van der Waals surface area contributed by atoms with E-state index in [0.29, 0.717) is 30.0 Å². The lowest BCUT2D eigenvalue weighted by molar-refractivity contribution is -0.136. The maximum absolute atomic E-state index is 13.0. The van der Waals surface area contributed by atoms with Gasteiger partial charge in [0.15, 0.2) is 0 Å². The highest BCUT2D eigenvalue weighted by Crippen LogP contribution is 2.32. The number of fused-ring (bicyclic) bond motifs is 1. The molecule has 4 heterocycles. The van der Waals surface area contributed by atoms with E-state index < -0.39 is 6.04 Å². The Kier molecular flexibility index (Phi) is 7.18. The largest absolute Gasteiger partial charge is 0.372 e. The Hall–Kier alpha value is -3.92. The van der Waals surface area contributed by atoms with Crippen LogP contribution in [0, 0.1) is 5.92 Å². The Balaban J connectivity index is 1.00. The minimum absolute atomic E-state index is 0.132. The van der Waals surface area contributed by atoms with Crippen LogP contribution in [0.3, 0.4) is 0 Å². The summed E-state index contributed by atoms with van der Waals surface area (Å²) in [6.07, 6.45) is 2.86. The standard InChI is InChI=1S/C30H36N6O4/c31-28(38)24-3-1-2-4-25(24)35-15-13-33(14-16-35)18-20-9-11-34(12-10-20)22-5-6-23-21(17-22)19-36(30(23)40)26-7-8-27(37)32-29(26)39/h1-6,17,20,26H,7-16,18-19H2,(H2,31,38)(H,32,37,39). The van der Waals surface area contributed by atoms with Crippen LogP contribution >= 0.6 is 0 Å². The Morgan fingerprint density at radius 1 is 0.900 bits per heavy atom. The van der Waals surface area contributed by atoms with Gasteiger partial charge in [-0.1, -0.05) is 12.1 Å². The van der Waals surface area contributed by atoms with Crippen LogP contribution in [0.1, 0.15) is 52.0 Å². The number of benzene rings is 2. The minimum atomic E-state index is -0.587. The summed E-state index contributed by atoms with van der Waals surface area (Å²) in [7, 11) is 0. The molecule has 40 heavy (non-hydrogen) atoms. The molecule has 10 nitrogen and oxygen atoms in total. The predicted molar refractivity (Wildman–Crippen MR) is 151 cm³/mol. The molecule has 0 spiro atoms. The summed E-state index contributed by atoms with van der Waals surface area (Å²) in [5.74, 6) is -0.528. The molecule has 3 N–H and O–H groups in total. The topological polar surface area (TPSA) is 119 Å². The van der Waals surface area contributed by atoms with Crippen LogP contribution in [0.5, 0.6) is 0 Å². The van der Waals surface area contributed by atoms with Gasteiger partial charge in [-0.3, -0.25) is 29.4 Å². The van der Waals surface area contributed by atoms with Crippen LogP contribution < -0.4 is 20.9 Å². The van der Waals surface area contributed by atoms with E-state index in [0.717, 1.165) is 75.6 Å². The lowest BCUT2D eigenvalue weighted by Gasteiger charge is -2.40. The number of nitrogens with one attached hydrogen (secondary N) is 1. The zero-order chi connectivity index (χ0) is 27.8. The Morgan fingerprint density at radius 2 is 1.65 bits per heavy atom. The van der Waals surface area contributed by atoms with Gasteiger partial charge in [0.1, 0.15) is 6.04 Å². The van der Waals surface area contributed by atoms with Crippen LogP contribution in [-0.4, -0.2) is 85.3 Å². The second-order valence-corrected chi connectivity index (χ2v) is 11.3. The van der Waals surface area contributed by atoms with Gasteiger partial charge in [0, 0.05) is 75.7 Å². The molecule has 3 fully saturated rings. The van der Waals surface area contributed by atoms with Crippen LogP contribution in [-0.2, 0) is 16.1 Å². The molecular formula is C30H36N6O4. The summed E-state index contributed by atoms with van der Waals surface area (Å²) in [5, 5.41) is 2.36. The monoisotopic (exact) mass is 544 g/mol. The third kappa shape index (κ3) is 5.15. The second-order valence-electron chi connectivity index (χ2n) is 11.3. The van der Waals surface area contributed by atoms with E-state index in [9.17, 15) is 19.2 Å². The number of amides is 4. The summed E-state index contributed by atoms with van der Waals surface area (Å²) in [6.45, 7) is 7.13. The van der Waals surface area contributed by atoms with E-state index in [1.165, 1.54) is 0 Å². The van der Waals surface area contributed by atoms with Gasteiger partial charge in [0.25, 0.3) is 11.8 Å². The van der Waals surface area contributed by atoms with Crippen molar-refractivity contribution in [3.8, 4) is 0 Å². The van der Waals surface area contributed by atoms with E-state index in [4.69, 9.17) is 5.73 Å². The maximum Gasteiger partial charge on any atom is 0.255 e. The fourth-order valence-electron chi connectivity index (χ4n) is 6.63. The van der Waals surface area contributed by atoms with Crippen molar-refractivity contribution in [2.24, 2.45) is 11.7 Å². The average Bonchev–Trinajstić information content (AvgIpc) is 3.29. The number of hydrogen-bond acceptors (Lipinski definition) is 7. The quantitative estimate of drug-likeness (QED) is 0.530. The highest BCUT2D eigenvalue weighted by Gasteiger charge is 2.39. The van der Waals surface area contributed by atoms with Crippen LogP contribution in [0.15, 0.2) is 42.5 Å². The molecule has 4 aliphatic heterocycles. The summed E-state index contributed by atoms with van der Waals surface area (Å²) in [6, 6.07) is 13.0. The van der Waals surface area contributed by atoms with Crippen LogP contribution in [0.4, 0.5) is 11.4 Å². The lowest BCUT2D eigenvalue weighted by Crippen LogP contribution is -2.52.